The van der Waals surface area contributed by atoms with Gasteiger partial charge in [0.05, 0.1) is 6.61 Å². The molecule has 3 amide bonds. The number of benzene rings is 3. The topological polar surface area (TPSA) is 108 Å². The van der Waals surface area contributed by atoms with Crippen LogP contribution in [0.3, 0.4) is 0 Å². The van der Waals surface area contributed by atoms with Crippen LogP contribution in [-0.2, 0) is 14.3 Å². The summed E-state index contributed by atoms with van der Waals surface area (Å²) < 4.78 is 5.28. The van der Waals surface area contributed by atoms with Crippen LogP contribution >= 0.6 is 0 Å². The van der Waals surface area contributed by atoms with Gasteiger partial charge in [-0.05, 0) is 74.2 Å². The van der Waals surface area contributed by atoms with Gasteiger partial charge in [0.25, 0.3) is 5.91 Å². The van der Waals surface area contributed by atoms with Crippen LogP contribution in [0.15, 0.2) is 66.7 Å². The molecule has 1 aliphatic rings. The molecule has 0 radical (unpaired) electrons. The molecule has 39 heavy (non-hydrogen) atoms. The number of rotatable bonds is 8. The number of carbonyl (C=O) groups is 3. The largest absolute Gasteiger partial charge is 0.444 e. The molecule has 8 nitrogen and oxygen atoms in total. The molecular weight excluding hydrogens is 494 g/mol. The Morgan fingerprint density at radius 3 is 2.31 bits per heavy atom. The molecule has 0 bridgehead atoms. The van der Waals surface area contributed by atoms with Gasteiger partial charge >= 0.3 is 6.09 Å². The monoisotopic (exact) mass is 527 g/mol. The number of hydrogen-bond acceptors (Lipinski definition) is 5. The molecule has 8 heteroatoms. The van der Waals surface area contributed by atoms with E-state index < -0.39 is 42.2 Å². The average Bonchev–Trinajstić information content (AvgIpc) is 3.74. The van der Waals surface area contributed by atoms with Crippen LogP contribution < -0.4 is 10.6 Å². The zero-order valence-corrected chi connectivity index (χ0v) is 22.3. The second-order valence-electron chi connectivity index (χ2n) is 10.6. The number of aliphatic hydroxyl groups excluding tert-OH is 1. The molecule has 0 aliphatic heterocycles. The summed E-state index contributed by atoms with van der Waals surface area (Å²) in [6.07, 6.45) is 6.08. The van der Waals surface area contributed by atoms with Crippen LogP contribution in [0.5, 0.6) is 0 Å². The van der Waals surface area contributed by atoms with Gasteiger partial charge in [0.1, 0.15) is 17.7 Å². The smallest absolute Gasteiger partial charge is 0.408 e. The predicted octanol–water partition coefficient (Wildman–Crippen LogP) is 4.38. The van der Waals surface area contributed by atoms with Gasteiger partial charge in [0, 0.05) is 17.3 Å². The van der Waals surface area contributed by atoms with E-state index in [1.807, 2.05) is 42.5 Å². The highest BCUT2D eigenvalue weighted by Gasteiger charge is 2.44. The van der Waals surface area contributed by atoms with Gasteiger partial charge in [0.2, 0.25) is 5.91 Å². The third-order valence-corrected chi connectivity index (χ3v) is 6.30. The highest BCUT2D eigenvalue weighted by Crippen LogP contribution is 2.36. The normalized spacial score (nSPS) is 14.5. The first-order chi connectivity index (χ1) is 18.6. The van der Waals surface area contributed by atoms with Crippen molar-refractivity contribution in [2.24, 2.45) is 0 Å². The van der Waals surface area contributed by atoms with E-state index in [9.17, 15) is 19.5 Å². The Kier molecular flexibility index (Phi) is 8.22. The first-order valence-electron chi connectivity index (χ1n) is 12.9. The SMILES string of the molecule is C#Cc1ccc(C(C(=O)Nc2ccc3ccccc3c2)N(C(=O)C(CO)NC(=O)OC(C)(C)C)C2CC2)cc1. The number of alkyl carbamates (subject to hydrolysis) is 1. The van der Waals surface area contributed by atoms with Crippen molar-refractivity contribution in [2.45, 2.75) is 57.3 Å². The molecule has 4 rings (SSSR count). The van der Waals surface area contributed by atoms with Gasteiger partial charge in [-0.1, -0.05) is 48.4 Å². The summed E-state index contributed by atoms with van der Waals surface area (Å²) in [5.74, 6) is 1.56. The molecule has 1 saturated carbocycles. The van der Waals surface area contributed by atoms with Gasteiger partial charge in [-0.2, -0.15) is 0 Å². The number of carbonyl (C=O) groups excluding carboxylic acids is 3. The van der Waals surface area contributed by atoms with Crippen LogP contribution in [0.1, 0.15) is 50.8 Å². The quantitative estimate of drug-likeness (QED) is 0.377. The summed E-state index contributed by atoms with van der Waals surface area (Å²) in [7, 11) is 0. The van der Waals surface area contributed by atoms with Crippen LogP contribution in [-0.4, -0.2) is 52.2 Å². The molecule has 3 aromatic rings. The number of nitrogens with zero attached hydrogens (tertiary/aromatic N) is 1. The van der Waals surface area contributed by atoms with E-state index in [1.165, 1.54) is 4.90 Å². The molecule has 1 aliphatic carbocycles. The summed E-state index contributed by atoms with van der Waals surface area (Å²) in [4.78, 5) is 41.6. The van der Waals surface area contributed by atoms with Crippen LogP contribution in [0, 0.1) is 12.3 Å². The second-order valence-corrected chi connectivity index (χ2v) is 10.6. The number of nitrogens with one attached hydrogen (secondary N) is 2. The Labute approximate surface area is 228 Å². The zero-order chi connectivity index (χ0) is 28.2. The minimum atomic E-state index is -1.29. The summed E-state index contributed by atoms with van der Waals surface area (Å²) in [6.45, 7) is 4.44. The maximum Gasteiger partial charge on any atom is 0.408 e. The highest BCUT2D eigenvalue weighted by atomic mass is 16.6. The molecule has 0 saturated heterocycles. The van der Waals surface area contributed by atoms with Crippen molar-refractivity contribution < 1.29 is 24.2 Å². The fourth-order valence-corrected chi connectivity index (χ4v) is 4.36. The van der Waals surface area contributed by atoms with Crippen molar-refractivity contribution in [3.8, 4) is 12.3 Å². The molecule has 1 fully saturated rings. The molecule has 202 valence electrons. The predicted molar refractivity (Wildman–Crippen MR) is 150 cm³/mol. The number of anilines is 1. The van der Waals surface area contributed by atoms with E-state index in [0.29, 0.717) is 29.7 Å². The van der Waals surface area contributed by atoms with Crippen LogP contribution in [0.25, 0.3) is 10.8 Å². The van der Waals surface area contributed by atoms with Gasteiger partial charge in [-0.3, -0.25) is 9.59 Å². The summed E-state index contributed by atoms with van der Waals surface area (Å²) in [5.41, 5.74) is 0.987. The van der Waals surface area contributed by atoms with Crippen molar-refractivity contribution in [2.75, 3.05) is 11.9 Å². The van der Waals surface area contributed by atoms with Gasteiger partial charge < -0.3 is 25.4 Å². The highest BCUT2D eigenvalue weighted by molar-refractivity contribution is 6.00. The molecule has 2 unspecified atom stereocenters. The number of terminal acetylenes is 1. The van der Waals surface area contributed by atoms with E-state index in [1.54, 1.807) is 45.0 Å². The summed E-state index contributed by atoms with van der Waals surface area (Å²) in [6, 6.07) is 17.7. The number of aliphatic hydroxyl groups is 1. The number of amides is 3. The first-order valence-corrected chi connectivity index (χ1v) is 12.9. The van der Waals surface area contributed by atoms with Gasteiger partial charge in [0.15, 0.2) is 0 Å². The van der Waals surface area contributed by atoms with Crippen LogP contribution in [0.2, 0.25) is 0 Å². The Morgan fingerprint density at radius 1 is 1.05 bits per heavy atom. The van der Waals surface area contributed by atoms with E-state index in [4.69, 9.17) is 11.2 Å². The summed E-state index contributed by atoms with van der Waals surface area (Å²) in [5, 5.41) is 17.5. The fraction of sp³-hybridized carbons (Fsp3) is 0.323. The third kappa shape index (κ3) is 6.95. The van der Waals surface area contributed by atoms with Crippen molar-refractivity contribution in [1.29, 1.82) is 0 Å². The lowest BCUT2D eigenvalue weighted by Gasteiger charge is -2.34. The lowest BCUT2D eigenvalue weighted by molar-refractivity contribution is -0.142. The molecule has 3 aromatic carbocycles. The van der Waals surface area contributed by atoms with Crippen LogP contribution in [0.4, 0.5) is 10.5 Å². The van der Waals surface area contributed by atoms with E-state index in [0.717, 1.165) is 10.8 Å². The molecule has 2 atom stereocenters. The average molecular weight is 528 g/mol. The minimum absolute atomic E-state index is 0.230. The molecule has 0 heterocycles. The van der Waals surface area contributed by atoms with Gasteiger partial charge in [-0.15, -0.1) is 6.42 Å². The Balaban J connectivity index is 1.67. The van der Waals surface area contributed by atoms with E-state index >= 15 is 0 Å². The lowest BCUT2D eigenvalue weighted by Crippen LogP contribution is -2.54. The first kappa shape index (κ1) is 27.7. The maximum atomic E-state index is 13.9. The molecule has 3 N–H and O–H groups in total. The number of ether oxygens (including phenoxy) is 1. The van der Waals surface area contributed by atoms with Gasteiger partial charge in [-0.25, -0.2) is 4.79 Å². The number of hydrogen-bond donors (Lipinski definition) is 3. The Hall–Kier alpha value is -4.35. The molecule has 0 aromatic heterocycles. The Bertz CT molecular complexity index is 1400. The Morgan fingerprint density at radius 2 is 1.72 bits per heavy atom. The molecular formula is C31H33N3O5. The van der Waals surface area contributed by atoms with Crippen molar-refractivity contribution in [3.63, 3.8) is 0 Å². The minimum Gasteiger partial charge on any atom is -0.444 e. The van der Waals surface area contributed by atoms with Crippen molar-refractivity contribution in [3.05, 3.63) is 77.9 Å². The van der Waals surface area contributed by atoms with E-state index in [2.05, 4.69) is 16.6 Å². The van der Waals surface area contributed by atoms with E-state index in [-0.39, 0.29) is 6.04 Å². The molecule has 0 spiro atoms. The zero-order valence-electron chi connectivity index (χ0n) is 22.3. The third-order valence-electron chi connectivity index (χ3n) is 6.30. The lowest BCUT2D eigenvalue weighted by atomic mass is 10.0. The van der Waals surface area contributed by atoms with Crippen molar-refractivity contribution in [1.82, 2.24) is 10.2 Å². The number of fused-ring (bicyclic) bond motifs is 1. The summed E-state index contributed by atoms with van der Waals surface area (Å²) >= 11 is 0. The maximum absolute atomic E-state index is 13.9. The fourth-order valence-electron chi connectivity index (χ4n) is 4.36. The second kappa shape index (κ2) is 11.6. The van der Waals surface area contributed by atoms with Crippen molar-refractivity contribution >= 4 is 34.4 Å². The standard InChI is InChI=1S/C31H33N3O5/c1-5-20-10-12-22(13-11-20)27(28(36)32-24-15-14-21-8-6-7-9-23(21)18-24)34(25-16-17-25)29(37)26(19-35)33-30(38)39-31(2,3)4/h1,6-15,18,25-27,35H,16-17,19H2,2-4H3,(H,32,36)(H,33,38).